The molecule has 6 heteroatoms. The first-order chi connectivity index (χ1) is 8.56. The molecule has 0 bridgehead atoms. The van der Waals surface area contributed by atoms with Crippen LogP contribution in [-0.2, 0) is 0 Å². The van der Waals surface area contributed by atoms with E-state index in [4.69, 9.17) is 46.4 Å². The minimum absolute atomic E-state index is 0.427. The Morgan fingerprint density at radius 1 is 0.611 bits per heavy atom. The standard InChI is InChI=1S/C12H6Cl4N2/c13-7-1-3-11(9(15)5-7)17-18-12-4-2-8(14)6-10(12)16/h1-6H. The summed E-state index contributed by atoms with van der Waals surface area (Å²) in [6, 6.07) is 9.92. The molecule has 2 aromatic rings. The molecule has 0 aliphatic carbocycles. The van der Waals surface area contributed by atoms with Crippen molar-refractivity contribution >= 4 is 57.8 Å². The zero-order valence-corrected chi connectivity index (χ0v) is 11.9. The van der Waals surface area contributed by atoms with Gasteiger partial charge in [-0.15, -0.1) is 10.2 Å². The maximum atomic E-state index is 5.97. The highest BCUT2D eigenvalue weighted by Gasteiger charge is 2.02. The summed E-state index contributed by atoms with van der Waals surface area (Å²) in [5.74, 6) is 0. The molecule has 0 aliphatic rings. The van der Waals surface area contributed by atoms with Gasteiger partial charge >= 0.3 is 0 Å². The monoisotopic (exact) mass is 318 g/mol. The molecule has 0 unspecified atom stereocenters. The molecule has 0 spiro atoms. The molecular weight excluding hydrogens is 314 g/mol. The Labute approximate surface area is 124 Å². The number of hydrogen-bond acceptors (Lipinski definition) is 2. The second-order valence-electron chi connectivity index (χ2n) is 3.39. The van der Waals surface area contributed by atoms with Crippen LogP contribution >= 0.6 is 46.4 Å². The van der Waals surface area contributed by atoms with Gasteiger partial charge in [0, 0.05) is 10.0 Å². The largest absolute Gasteiger partial charge is 0.149 e. The fourth-order valence-electron chi connectivity index (χ4n) is 1.23. The van der Waals surface area contributed by atoms with Crippen molar-refractivity contribution in [3.63, 3.8) is 0 Å². The van der Waals surface area contributed by atoms with Crippen molar-refractivity contribution < 1.29 is 0 Å². The van der Waals surface area contributed by atoms with Crippen molar-refractivity contribution in [3.8, 4) is 0 Å². The van der Waals surface area contributed by atoms with Gasteiger partial charge in [0.1, 0.15) is 11.4 Å². The van der Waals surface area contributed by atoms with Crippen LogP contribution in [0.5, 0.6) is 0 Å². The smallest absolute Gasteiger partial charge is 0.104 e. The molecule has 0 aliphatic heterocycles. The van der Waals surface area contributed by atoms with E-state index in [1.807, 2.05) is 0 Å². The van der Waals surface area contributed by atoms with E-state index in [2.05, 4.69) is 10.2 Å². The molecule has 2 aromatic carbocycles. The highest BCUT2D eigenvalue weighted by molar-refractivity contribution is 6.36. The van der Waals surface area contributed by atoms with Crippen LogP contribution in [0.4, 0.5) is 11.4 Å². The van der Waals surface area contributed by atoms with Crippen LogP contribution in [0.15, 0.2) is 46.6 Å². The van der Waals surface area contributed by atoms with E-state index in [-0.39, 0.29) is 0 Å². The fourth-order valence-corrected chi connectivity index (χ4v) is 2.13. The molecule has 0 heterocycles. The lowest BCUT2D eigenvalue weighted by molar-refractivity contribution is 1.23. The van der Waals surface area contributed by atoms with Crippen LogP contribution in [0.1, 0.15) is 0 Å². The minimum Gasteiger partial charge on any atom is -0.149 e. The lowest BCUT2D eigenvalue weighted by Gasteiger charge is -1.99. The Bertz CT molecular complexity index is 558. The normalized spacial score (nSPS) is 11.1. The molecule has 0 N–H and O–H groups in total. The van der Waals surface area contributed by atoms with Crippen LogP contribution < -0.4 is 0 Å². The zero-order chi connectivity index (χ0) is 13.1. The van der Waals surface area contributed by atoms with Gasteiger partial charge in [-0.05, 0) is 36.4 Å². The maximum Gasteiger partial charge on any atom is 0.104 e. The van der Waals surface area contributed by atoms with Gasteiger partial charge in [-0.2, -0.15) is 0 Å². The molecule has 0 fully saturated rings. The number of nitrogens with zero attached hydrogens (tertiary/aromatic N) is 2. The number of hydrogen-bond donors (Lipinski definition) is 0. The van der Waals surface area contributed by atoms with E-state index >= 15 is 0 Å². The van der Waals surface area contributed by atoms with Crippen molar-refractivity contribution in [2.24, 2.45) is 10.2 Å². The Kier molecular flexibility index (Phi) is 4.46. The quantitative estimate of drug-likeness (QED) is 0.549. The zero-order valence-electron chi connectivity index (χ0n) is 8.87. The SMILES string of the molecule is Clc1ccc(N=Nc2ccc(Cl)cc2Cl)c(Cl)c1. The first kappa shape index (κ1) is 13.6. The summed E-state index contributed by atoms with van der Waals surface area (Å²) in [5.41, 5.74) is 1.04. The van der Waals surface area contributed by atoms with Crippen LogP contribution in [0, 0.1) is 0 Å². The predicted octanol–water partition coefficient (Wildman–Crippen LogP) is 6.72. The number of halogens is 4. The lowest BCUT2D eigenvalue weighted by atomic mass is 10.3. The van der Waals surface area contributed by atoms with Crippen LogP contribution in [0.25, 0.3) is 0 Å². The summed E-state index contributed by atoms with van der Waals surface area (Å²) in [5, 5.41) is 9.97. The van der Waals surface area contributed by atoms with E-state index in [0.717, 1.165) is 0 Å². The average molecular weight is 320 g/mol. The van der Waals surface area contributed by atoms with E-state index < -0.39 is 0 Å². The predicted molar refractivity (Wildman–Crippen MR) is 77.1 cm³/mol. The van der Waals surface area contributed by atoms with Crippen molar-refractivity contribution in [1.29, 1.82) is 0 Å². The van der Waals surface area contributed by atoms with Gasteiger partial charge < -0.3 is 0 Å². The number of azo groups is 1. The highest BCUT2D eigenvalue weighted by atomic mass is 35.5. The first-order valence-electron chi connectivity index (χ1n) is 4.88. The summed E-state index contributed by atoms with van der Waals surface area (Å²) in [4.78, 5) is 0. The Balaban J connectivity index is 2.30. The molecule has 0 amide bonds. The fraction of sp³-hybridized carbons (Fsp3) is 0. The van der Waals surface area contributed by atoms with Crippen molar-refractivity contribution in [1.82, 2.24) is 0 Å². The topological polar surface area (TPSA) is 24.7 Å². The van der Waals surface area contributed by atoms with Crippen molar-refractivity contribution in [2.75, 3.05) is 0 Å². The van der Waals surface area contributed by atoms with Crippen molar-refractivity contribution in [2.45, 2.75) is 0 Å². The number of benzene rings is 2. The molecule has 2 rings (SSSR count). The molecular formula is C12H6Cl4N2. The van der Waals surface area contributed by atoms with Crippen LogP contribution in [0.3, 0.4) is 0 Å². The average Bonchev–Trinajstić information content (AvgIpc) is 2.30. The Morgan fingerprint density at radius 3 is 1.33 bits per heavy atom. The maximum absolute atomic E-state index is 5.97. The molecule has 18 heavy (non-hydrogen) atoms. The summed E-state index contributed by atoms with van der Waals surface area (Å²) in [6.07, 6.45) is 0. The summed E-state index contributed by atoms with van der Waals surface area (Å²) < 4.78 is 0. The van der Waals surface area contributed by atoms with E-state index in [1.165, 1.54) is 0 Å². The van der Waals surface area contributed by atoms with Gasteiger partial charge in [-0.3, -0.25) is 0 Å². The van der Waals surface area contributed by atoms with Gasteiger partial charge in [0.25, 0.3) is 0 Å². The molecule has 0 aromatic heterocycles. The van der Waals surface area contributed by atoms with E-state index in [0.29, 0.717) is 31.5 Å². The summed E-state index contributed by atoms with van der Waals surface area (Å²) >= 11 is 23.5. The van der Waals surface area contributed by atoms with Gasteiger partial charge in [0.15, 0.2) is 0 Å². The molecule has 0 atom stereocenters. The molecule has 92 valence electrons. The van der Waals surface area contributed by atoms with Gasteiger partial charge in [-0.25, -0.2) is 0 Å². The second-order valence-corrected chi connectivity index (χ2v) is 5.08. The third-order valence-corrected chi connectivity index (χ3v) is 3.16. The van der Waals surface area contributed by atoms with Crippen LogP contribution in [-0.4, -0.2) is 0 Å². The molecule has 0 saturated heterocycles. The van der Waals surface area contributed by atoms with E-state index in [9.17, 15) is 0 Å². The molecule has 0 radical (unpaired) electrons. The second kappa shape index (κ2) is 5.89. The molecule has 2 nitrogen and oxygen atoms in total. The number of rotatable bonds is 2. The Hall–Kier alpha value is -0.800. The summed E-state index contributed by atoms with van der Waals surface area (Å²) in [6.45, 7) is 0. The Morgan fingerprint density at radius 2 is 1.00 bits per heavy atom. The third kappa shape index (κ3) is 3.36. The molecule has 0 saturated carbocycles. The first-order valence-corrected chi connectivity index (χ1v) is 6.39. The van der Waals surface area contributed by atoms with Crippen molar-refractivity contribution in [3.05, 3.63) is 56.5 Å². The lowest BCUT2D eigenvalue weighted by Crippen LogP contribution is -1.70. The van der Waals surface area contributed by atoms with E-state index in [1.54, 1.807) is 36.4 Å². The van der Waals surface area contributed by atoms with Gasteiger partial charge in [-0.1, -0.05) is 46.4 Å². The highest BCUT2D eigenvalue weighted by Crippen LogP contribution is 2.32. The third-order valence-electron chi connectivity index (χ3n) is 2.08. The summed E-state index contributed by atoms with van der Waals surface area (Å²) in [7, 11) is 0. The van der Waals surface area contributed by atoms with Gasteiger partial charge in [0.05, 0.1) is 10.0 Å². The van der Waals surface area contributed by atoms with Crippen LogP contribution in [0.2, 0.25) is 20.1 Å². The minimum atomic E-state index is 0.427. The van der Waals surface area contributed by atoms with Gasteiger partial charge in [0.2, 0.25) is 0 Å².